The molecule has 0 saturated carbocycles. The van der Waals surface area contributed by atoms with Crippen molar-refractivity contribution in [1.82, 2.24) is 14.8 Å². The highest BCUT2D eigenvalue weighted by Crippen LogP contribution is 2.36. The molecule has 0 spiro atoms. The van der Waals surface area contributed by atoms with E-state index in [9.17, 15) is 19.1 Å². The molecule has 1 unspecified atom stereocenters. The topological polar surface area (TPSA) is 127 Å². The molecule has 0 fully saturated rings. The molecule has 4 rings (SSSR count). The number of nitrogens with zero attached hydrogens (tertiary/aromatic N) is 4. The number of aromatic nitrogens is 3. The molecular weight excluding hydrogens is 462 g/mol. The molecule has 0 aliphatic carbocycles. The summed E-state index contributed by atoms with van der Waals surface area (Å²) in [6.45, 7) is 3.11. The summed E-state index contributed by atoms with van der Waals surface area (Å²) >= 11 is 0. The first kappa shape index (κ1) is 24.8. The fourth-order valence-corrected chi connectivity index (χ4v) is 4.11. The predicted octanol–water partition coefficient (Wildman–Crippen LogP) is 3.73. The summed E-state index contributed by atoms with van der Waals surface area (Å²) in [6.07, 6.45) is 0.101. The molecule has 0 aliphatic rings. The highest BCUT2D eigenvalue weighted by atomic mass is 19.1. The van der Waals surface area contributed by atoms with Crippen LogP contribution in [0.1, 0.15) is 42.4 Å². The van der Waals surface area contributed by atoms with Gasteiger partial charge < -0.3 is 16.6 Å². The molecule has 0 radical (unpaired) electrons. The zero-order valence-electron chi connectivity index (χ0n) is 20.0. The van der Waals surface area contributed by atoms with Crippen molar-refractivity contribution in [3.05, 3.63) is 76.6 Å². The van der Waals surface area contributed by atoms with Gasteiger partial charge in [-0.05, 0) is 62.1 Å². The quantitative estimate of drug-likeness (QED) is 0.377. The van der Waals surface area contributed by atoms with Crippen LogP contribution in [0.25, 0.3) is 22.0 Å². The lowest BCUT2D eigenvalue weighted by atomic mass is 9.93. The Balaban J connectivity index is 1.92. The number of nitrogen functional groups attached to an aromatic ring is 1. The first-order valence-electron chi connectivity index (χ1n) is 11.1. The number of fused-ring (bicyclic) bond motifs is 1. The third-order valence-corrected chi connectivity index (χ3v) is 5.58. The molecular formula is C27H24F2N6O. The first-order chi connectivity index (χ1) is 17.0. The van der Waals surface area contributed by atoms with E-state index in [1.165, 1.54) is 12.1 Å². The fraction of sp³-hybridized carbons (Fsp3) is 0.222. The molecule has 36 heavy (non-hydrogen) atoms. The highest BCUT2D eigenvalue weighted by molar-refractivity contribution is 6.03. The minimum absolute atomic E-state index is 0.101. The number of anilines is 1. The van der Waals surface area contributed by atoms with E-state index in [-0.39, 0.29) is 12.2 Å². The number of aliphatic hydroxyl groups is 1. The van der Waals surface area contributed by atoms with Crippen molar-refractivity contribution in [2.45, 2.75) is 31.9 Å². The van der Waals surface area contributed by atoms with Crippen molar-refractivity contribution >= 4 is 16.7 Å². The SMILES string of the molecule is Cn1nc(N)c2c(C#N)ccc(-c3ccc(C#CC(C)(C)O)nc3C(N)Cc3cc(F)cc(F)c3)c21. The molecule has 0 amide bonds. The van der Waals surface area contributed by atoms with Crippen molar-refractivity contribution in [2.75, 3.05) is 5.73 Å². The van der Waals surface area contributed by atoms with Gasteiger partial charge in [0.05, 0.1) is 34.3 Å². The molecule has 0 bridgehead atoms. The maximum Gasteiger partial charge on any atom is 0.154 e. The van der Waals surface area contributed by atoms with Gasteiger partial charge in [0.2, 0.25) is 0 Å². The predicted molar refractivity (Wildman–Crippen MR) is 133 cm³/mol. The standard InChI is InChI=1S/C27H24F2N6O/c1-27(2,36)9-8-19-5-7-20(21-6-4-16(14-30)23-25(21)35(3)34-26(23)32)24(33-19)22(31)12-15-10-17(28)13-18(29)11-15/h4-7,10-11,13,22,36H,12,31H2,1-3H3,(H2,32,34). The van der Waals surface area contributed by atoms with E-state index in [4.69, 9.17) is 11.5 Å². The van der Waals surface area contributed by atoms with Crippen molar-refractivity contribution < 1.29 is 13.9 Å². The number of rotatable bonds is 4. The molecule has 182 valence electrons. The van der Waals surface area contributed by atoms with Gasteiger partial charge in [-0.15, -0.1) is 0 Å². The molecule has 1 atom stereocenters. The molecule has 5 N–H and O–H groups in total. The summed E-state index contributed by atoms with van der Waals surface area (Å²) in [6, 6.07) is 11.5. The Morgan fingerprint density at radius 3 is 2.42 bits per heavy atom. The zero-order chi connectivity index (χ0) is 26.2. The second-order valence-electron chi connectivity index (χ2n) is 9.03. The average molecular weight is 487 g/mol. The second-order valence-corrected chi connectivity index (χ2v) is 9.03. The van der Waals surface area contributed by atoms with Crippen LogP contribution >= 0.6 is 0 Å². The van der Waals surface area contributed by atoms with Crippen LogP contribution in [0, 0.1) is 34.8 Å². The van der Waals surface area contributed by atoms with Gasteiger partial charge in [-0.2, -0.15) is 10.4 Å². The molecule has 2 aromatic heterocycles. The normalized spacial score (nSPS) is 12.2. The van der Waals surface area contributed by atoms with Crippen LogP contribution in [0.15, 0.2) is 42.5 Å². The van der Waals surface area contributed by atoms with Crippen LogP contribution in [-0.4, -0.2) is 25.5 Å². The summed E-state index contributed by atoms with van der Waals surface area (Å²) < 4.78 is 29.2. The summed E-state index contributed by atoms with van der Waals surface area (Å²) in [5.41, 5.74) is 14.9. The minimum Gasteiger partial charge on any atom is -0.382 e. The van der Waals surface area contributed by atoms with Gasteiger partial charge in [0, 0.05) is 24.2 Å². The van der Waals surface area contributed by atoms with Crippen molar-refractivity contribution in [1.29, 1.82) is 5.26 Å². The highest BCUT2D eigenvalue weighted by Gasteiger charge is 2.22. The monoisotopic (exact) mass is 486 g/mol. The maximum absolute atomic E-state index is 13.8. The number of aryl methyl sites for hydroxylation is 1. The molecule has 2 heterocycles. The van der Waals surface area contributed by atoms with Crippen LogP contribution in [0.5, 0.6) is 0 Å². The Bertz CT molecular complexity index is 1560. The summed E-state index contributed by atoms with van der Waals surface area (Å²) in [4.78, 5) is 4.66. The van der Waals surface area contributed by atoms with Crippen LogP contribution in [0.2, 0.25) is 0 Å². The van der Waals surface area contributed by atoms with Gasteiger partial charge in [-0.1, -0.05) is 12.0 Å². The minimum atomic E-state index is -1.23. The van der Waals surface area contributed by atoms with E-state index in [0.29, 0.717) is 44.5 Å². The van der Waals surface area contributed by atoms with E-state index in [2.05, 4.69) is 28.0 Å². The van der Waals surface area contributed by atoms with Crippen molar-refractivity contribution in [2.24, 2.45) is 12.8 Å². The smallest absolute Gasteiger partial charge is 0.154 e. The number of nitriles is 1. The summed E-state index contributed by atoms with van der Waals surface area (Å²) in [7, 11) is 1.72. The van der Waals surface area contributed by atoms with Gasteiger partial charge >= 0.3 is 0 Å². The van der Waals surface area contributed by atoms with Crippen molar-refractivity contribution in [3.8, 4) is 29.0 Å². The lowest BCUT2D eigenvalue weighted by Gasteiger charge is -2.18. The average Bonchev–Trinajstić information content (AvgIpc) is 3.10. The molecule has 9 heteroatoms. The number of hydrogen-bond acceptors (Lipinski definition) is 6. The zero-order valence-corrected chi connectivity index (χ0v) is 20.0. The van der Waals surface area contributed by atoms with E-state index in [1.54, 1.807) is 49.8 Å². The maximum atomic E-state index is 13.8. The Morgan fingerprint density at radius 1 is 1.11 bits per heavy atom. The third kappa shape index (κ3) is 5.03. The van der Waals surface area contributed by atoms with Gasteiger partial charge in [-0.25, -0.2) is 13.8 Å². The van der Waals surface area contributed by atoms with Crippen molar-refractivity contribution in [3.63, 3.8) is 0 Å². The molecule has 0 aliphatic heterocycles. The third-order valence-electron chi connectivity index (χ3n) is 5.58. The number of halogens is 2. The van der Waals surface area contributed by atoms with E-state index in [1.807, 2.05) is 0 Å². The second kappa shape index (κ2) is 9.38. The Morgan fingerprint density at radius 2 is 1.78 bits per heavy atom. The van der Waals surface area contributed by atoms with E-state index >= 15 is 0 Å². The van der Waals surface area contributed by atoms with Crippen LogP contribution in [0.3, 0.4) is 0 Å². The van der Waals surface area contributed by atoms with Crippen LogP contribution in [-0.2, 0) is 13.5 Å². The molecule has 4 aromatic rings. The largest absolute Gasteiger partial charge is 0.382 e. The lowest BCUT2D eigenvalue weighted by Crippen LogP contribution is -2.17. The Hall–Kier alpha value is -4.31. The Labute approximate surface area is 207 Å². The lowest BCUT2D eigenvalue weighted by molar-refractivity contribution is 0.143. The van der Waals surface area contributed by atoms with Gasteiger partial charge in [0.25, 0.3) is 0 Å². The summed E-state index contributed by atoms with van der Waals surface area (Å²) in [5.74, 6) is 4.38. The van der Waals surface area contributed by atoms with E-state index < -0.39 is 23.3 Å². The fourth-order valence-electron chi connectivity index (χ4n) is 4.11. The number of nitrogens with two attached hydrogens (primary N) is 2. The van der Waals surface area contributed by atoms with Gasteiger partial charge in [0.15, 0.2) is 5.82 Å². The van der Waals surface area contributed by atoms with E-state index in [0.717, 1.165) is 6.07 Å². The molecule has 0 saturated heterocycles. The number of benzene rings is 2. The van der Waals surface area contributed by atoms with Crippen LogP contribution < -0.4 is 11.5 Å². The number of hydrogen-bond donors (Lipinski definition) is 3. The van der Waals surface area contributed by atoms with Crippen LogP contribution in [0.4, 0.5) is 14.6 Å². The number of pyridine rings is 1. The molecule has 7 nitrogen and oxygen atoms in total. The summed E-state index contributed by atoms with van der Waals surface area (Å²) in [5, 5.41) is 24.4. The van der Waals surface area contributed by atoms with Gasteiger partial charge in [0.1, 0.15) is 22.9 Å². The first-order valence-corrected chi connectivity index (χ1v) is 11.1. The van der Waals surface area contributed by atoms with Gasteiger partial charge in [-0.3, -0.25) is 4.68 Å². The Kier molecular flexibility index (Phi) is 6.47. The molecule has 2 aromatic carbocycles.